The molecule has 0 radical (unpaired) electrons. The summed E-state index contributed by atoms with van der Waals surface area (Å²) in [6.07, 6.45) is 2.19. The zero-order chi connectivity index (χ0) is 15.2. The summed E-state index contributed by atoms with van der Waals surface area (Å²) >= 11 is 0. The summed E-state index contributed by atoms with van der Waals surface area (Å²) in [4.78, 5) is 1.67. The van der Waals surface area contributed by atoms with Crippen LogP contribution in [0.15, 0.2) is 18.2 Å². The first-order chi connectivity index (χ1) is 9.35. The lowest BCUT2D eigenvalue weighted by Gasteiger charge is -2.23. The second-order valence-corrected chi connectivity index (χ2v) is 7.24. The average Bonchev–Trinajstić information content (AvgIpc) is 2.35. The first-order valence-electron chi connectivity index (χ1n) is 6.72. The summed E-state index contributed by atoms with van der Waals surface area (Å²) in [5.41, 5.74) is 1.31. The largest absolute Gasteiger partial charge is 0.371 e. The number of rotatable bonds is 8. The van der Waals surface area contributed by atoms with Gasteiger partial charge in [-0.1, -0.05) is 19.1 Å². The van der Waals surface area contributed by atoms with Crippen molar-refractivity contribution in [1.82, 2.24) is 5.32 Å². The van der Waals surface area contributed by atoms with Gasteiger partial charge in [0.1, 0.15) is 15.7 Å². The third kappa shape index (κ3) is 5.46. The van der Waals surface area contributed by atoms with E-state index in [4.69, 9.17) is 0 Å². The minimum absolute atomic E-state index is 0.0136. The molecule has 0 saturated carbocycles. The van der Waals surface area contributed by atoms with Crippen LogP contribution in [0.4, 0.5) is 10.1 Å². The van der Waals surface area contributed by atoms with Crippen molar-refractivity contribution in [2.45, 2.75) is 19.9 Å². The molecule has 0 spiro atoms. The summed E-state index contributed by atoms with van der Waals surface area (Å²) < 4.78 is 36.4. The lowest BCUT2D eigenvalue weighted by atomic mass is 10.1. The van der Waals surface area contributed by atoms with Gasteiger partial charge in [0.15, 0.2) is 0 Å². The summed E-state index contributed by atoms with van der Waals surface area (Å²) in [5.74, 6) is -0.309. The molecule has 0 atom stereocenters. The van der Waals surface area contributed by atoms with Gasteiger partial charge in [-0.2, -0.15) is 0 Å². The number of hydrogen-bond acceptors (Lipinski definition) is 4. The van der Waals surface area contributed by atoms with Crippen molar-refractivity contribution < 1.29 is 12.8 Å². The maximum Gasteiger partial charge on any atom is 0.149 e. The van der Waals surface area contributed by atoms with Crippen LogP contribution in [0.1, 0.15) is 18.9 Å². The Labute approximate surface area is 120 Å². The molecular weight excluding hydrogens is 279 g/mol. The molecule has 0 bridgehead atoms. The Kier molecular flexibility index (Phi) is 6.42. The molecule has 1 rings (SSSR count). The van der Waals surface area contributed by atoms with Crippen molar-refractivity contribution in [3.05, 3.63) is 29.6 Å². The second-order valence-electron chi connectivity index (χ2n) is 4.98. The van der Waals surface area contributed by atoms with E-state index in [1.165, 1.54) is 12.3 Å². The Hall–Kier alpha value is -1.14. The predicted octanol–water partition coefficient (Wildman–Crippen LogP) is 1.81. The monoisotopic (exact) mass is 302 g/mol. The molecule has 114 valence electrons. The van der Waals surface area contributed by atoms with Gasteiger partial charge in [-0.3, -0.25) is 0 Å². The van der Waals surface area contributed by atoms with Gasteiger partial charge in [-0.15, -0.1) is 0 Å². The van der Waals surface area contributed by atoms with Crippen molar-refractivity contribution in [3.63, 3.8) is 0 Å². The van der Waals surface area contributed by atoms with Gasteiger partial charge in [-0.05, 0) is 24.6 Å². The van der Waals surface area contributed by atoms with Gasteiger partial charge >= 0.3 is 0 Å². The van der Waals surface area contributed by atoms with E-state index in [1.807, 2.05) is 6.07 Å². The summed E-state index contributed by atoms with van der Waals surface area (Å²) in [6.45, 7) is 3.78. The molecule has 1 aromatic rings. The quantitative estimate of drug-likeness (QED) is 0.744. The molecule has 0 aliphatic rings. The Balaban J connectivity index is 2.85. The molecule has 0 fully saturated rings. The number of benzene rings is 1. The fourth-order valence-corrected chi connectivity index (χ4v) is 2.55. The van der Waals surface area contributed by atoms with Crippen LogP contribution in [-0.4, -0.2) is 40.6 Å². The topological polar surface area (TPSA) is 49.4 Å². The Morgan fingerprint density at radius 3 is 2.65 bits per heavy atom. The molecule has 0 saturated heterocycles. The number of hydrogen-bond donors (Lipinski definition) is 1. The average molecular weight is 302 g/mol. The van der Waals surface area contributed by atoms with E-state index in [0.29, 0.717) is 12.2 Å². The predicted molar refractivity (Wildman–Crippen MR) is 81.4 cm³/mol. The van der Waals surface area contributed by atoms with E-state index < -0.39 is 9.84 Å². The molecule has 0 unspecified atom stereocenters. The number of halogens is 1. The Morgan fingerprint density at radius 2 is 2.05 bits per heavy atom. The standard InChI is InChI=1S/C14H23FN2O2S/c1-4-8-16-11-12-6-5-7-13(15)14(12)17(2)9-10-20(3,18)19/h5-7,16H,4,8-11H2,1-3H3. The fraction of sp³-hybridized carbons (Fsp3) is 0.571. The maximum absolute atomic E-state index is 14.0. The molecule has 0 heterocycles. The van der Waals surface area contributed by atoms with E-state index >= 15 is 0 Å². The molecule has 0 aromatic heterocycles. The van der Waals surface area contributed by atoms with Crippen LogP contribution in [0.2, 0.25) is 0 Å². The third-order valence-corrected chi connectivity index (χ3v) is 3.92. The van der Waals surface area contributed by atoms with Crippen LogP contribution in [0.25, 0.3) is 0 Å². The fourth-order valence-electron chi connectivity index (χ4n) is 1.94. The van der Waals surface area contributed by atoms with Gasteiger partial charge in [0, 0.05) is 26.4 Å². The Bertz CT molecular complexity index is 532. The van der Waals surface area contributed by atoms with Crippen LogP contribution in [0.5, 0.6) is 0 Å². The van der Waals surface area contributed by atoms with Crippen molar-refractivity contribution in [3.8, 4) is 0 Å². The molecule has 1 N–H and O–H groups in total. The van der Waals surface area contributed by atoms with Crippen LogP contribution in [0, 0.1) is 5.82 Å². The van der Waals surface area contributed by atoms with Crippen molar-refractivity contribution >= 4 is 15.5 Å². The van der Waals surface area contributed by atoms with Gasteiger partial charge < -0.3 is 10.2 Å². The molecule has 4 nitrogen and oxygen atoms in total. The molecule has 0 aliphatic heterocycles. The smallest absolute Gasteiger partial charge is 0.149 e. The maximum atomic E-state index is 14.0. The van der Waals surface area contributed by atoms with E-state index in [0.717, 1.165) is 18.5 Å². The highest BCUT2D eigenvalue weighted by Crippen LogP contribution is 2.23. The van der Waals surface area contributed by atoms with Gasteiger partial charge in [-0.25, -0.2) is 12.8 Å². The van der Waals surface area contributed by atoms with Crippen LogP contribution in [-0.2, 0) is 16.4 Å². The minimum atomic E-state index is -3.05. The van der Waals surface area contributed by atoms with E-state index in [1.54, 1.807) is 18.0 Å². The molecular formula is C14H23FN2O2S. The number of para-hydroxylation sites is 1. The first kappa shape index (κ1) is 16.9. The highest BCUT2D eigenvalue weighted by atomic mass is 32.2. The van der Waals surface area contributed by atoms with Crippen molar-refractivity contribution in [2.75, 3.05) is 37.0 Å². The van der Waals surface area contributed by atoms with Gasteiger partial charge in [0.2, 0.25) is 0 Å². The molecule has 6 heteroatoms. The van der Waals surface area contributed by atoms with Gasteiger partial charge in [0.25, 0.3) is 0 Å². The third-order valence-electron chi connectivity index (χ3n) is 2.99. The number of anilines is 1. The number of nitrogens with one attached hydrogen (secondary N) is 1. The lowest BCUT2D eigenvalue weighted by molar-refractivity contribution is 0.598. The van der Waals surface area contributed by atoms with Gasteiger partial charge in [0.05, 0.1) is 11.4 Å². The van der Waals surface area contributed by atoms with Crippen LogP contribution in [0.3, 0.4) is 0 Å². The second kappa shape index (κ2) is 7.59. The molecule has 0 amide bonds. The molecule has 20 heavy (non-hydrogen) atoms. The van der Waals surface area contributed by atoms with Crippen molar-refractivity contribution in [2.24, 2.45) is 0 Å². The summed E-state index contributed by atoms with van der Waals surface area (Å²) in [6, 6.07) is 4.93. The zero-order valence-electron chi connectivity index (χ0n) is 12.3. The van der Waals surface area contributed by atoms with Crippen LogP contribution >= 0.6 is 0 Å². The normalized spacial score (nSPS) is 11.6. The molecule has 1 aromatic carbocycles. The van der Waals surface area contributed by atoms with E-state index in [2.05, 4.69) is 12.2 Å². The summed E-state index contributed by atoms with van der Waals surface area (Å²) in [7, 11) is -1.34. The first-order valence-corrected chi connectivity index (χ1v) is 8.78. The zero-order valence-corrected chi connectivity index (χ0v) is 13.1. The highest BCUT2D eigenvalue weighted by Gasteiger charge is 2.14. The van der Waals surface area contributed by atoms with E-state index in [9.17, 15) is 12.8 Å². The van der Waals surface area contributed by atoms with Crippen molar-refractivity contribution in [1.29, 1.82) is 0 Å². The van der Waals surface area contributed by atoms with E-state index in [-0.39, 0.29) is 18.1 Å². The SMILES string of the molecule is CCCNCc1cccc(F)c1N(C)CCS(C)(=O)=O. The number of nitrogens with zero attached hydrogens (tertiary/aromatic N) is 1. The minimum Gasteiger partial charge on any atom is -0.371 e. The lowest BCUT2D eigenvalue weighted by Crippen LogP contribution is -2.27. The van der Waals surface area contributed by atoms with Crippen LogP contribution < -0.4 is 10.2 Å². The highest BCUT2D eigenvalue weighted by molar-refractivity contribution is 7.90. The molecule has 0 aliphatic carbocycles. The Morgan fingerprint density at radius 1 is 1.35 bits per heavy atom. The summed E-state index contributed by atoms with van der Waals surface area (Å²) in [5, 5.41) is 3.23. The number of sulfone groups is 1.